The first-order valence-electron chi connectivity index (χ1n) is 6.39. The maximum Gasteiger partial charge on any atom is 0.272 e. The van der Waals surface area contributed by atoms with E-state index in [-0.39, 0.29) is 11.6 Å². The molecule has 0 bridgehead atoms. The van der Waals surface area contributed by atoms with Gasteiger partial charge < -0.3 is 15.2 Å². The van der Waals surface area contributed by atoms with Crippen LogP contribution in [0.5, 0.6) is 0 Å². The topological polar surface area (TPSA) is 92.9 Å². The molecular formula is C13H17N5O2. The molecule has 7 heteroatoms. The van der Waals surface area contributed by atoms with Crippen molar-refractivity contribution in [2.24, 2.45) is 0 Å². The van der Waals surface area contributed by atoms with Crippen LogP contribution in [-0.2, 0) is 6.54 Å². The second-order valence-corrected chi connectivity index (χ2v) is 4.32. The first kappa shape index (κ1) is 14.0. The van der Waals surface area contributed by atoms with E-state index in [1.807, 2.05) is 20.8 Å². The van der Waals surface area contributed by atoms with E-state index in [2.05, 4.69) is 26.0 Å². The number of aromatic nitrogens is 3. The van der Waals surface area contributed by atoms with Gasteiger partial charge in [-0.3, -0.25) is 4.79 Å². The normalized spacial score (nSPS) is 10.3. The van der Waals surface area contributed by atoms with Crippen molar-refractivity contribution in [2.45, 2.75) is 27.3 Å². The second kappa shape index (κ2) is 6.14. The third-order valence-corrected chi connectivity index (χ3v) is 2.86. The first-order valence-corrected chi connectivity index (χ1v) is 6.39. The van der Waals surface area contributed by atoms with Crippen LogP contribution in [0.4, 0.5) is 5.82 Å². The van der Waals surface area contributed by atoms with Gasteiger partial charge in [-0.2, -0.15) is 0 Å². The van der Waals surface area contributed by atoms with Crippen LogP contribution in [0.25, 0.3) is 0 Å². The number of carbonyl (C=O) groups excluding carboxylic acids is 1. The van der Waals surface area contributed by atoms with Gasteiger partial charge in [0.05, 0.1) is 5.69 Å². The highest BCUT2D eigenvalue weighted by Gasteiger charge is 2.12. The average Bonchev–Trinajstić information content (AvgIpc) is 2.77. The minimum absolute atomic E-state index is 0.276. The predicted octanol–water partition coefficient (Wildman–Crippen LogP) is 1.44. The minimum atomic E-state index is -0.277. The predicted molar refractivity (Wildman–Crippen MR) is 73.3 cm³/mol. The molecule has 20 heavy (non-hydrogen) atoms. The standard InChI is InChI=1S/C13H17N5O2/c1-4-14-12-6-5-11(16-17-12)13(19)15-7-10-8(2)18-20-9(10)3/h5-6H,4,7H2,1-3H3,(H,14,17)(H,15,19). The molecule has 0 radical (unpaired) electrons. The summed E-state index contributed by atoms with van der Waals surface area (Å²) in [4.78, 5) is 11.9. The molecule has 2 aromatic rings. The quantitative estimate of drug-likeness (QED) is 0.857. The molecule has 1 amide bonds. The lowest BCUT2D eigenvalue weighted by Crippen LogP contribution is -2.24. The summed E-state index contributed by atoms with van der Waals surface area (Å²) in [6, 6.07) is 3.36. The third kappa shape index (κ3) is 3.11. The summed E-state index contributed by atoms with van der Waals surface area (Å²) in [5.41, 5.74) is 1.94. The van der Waals surface area contributed by atoms with Crippen LogP contribution in [0.2, 0.25) is 0 Å². The van der Waals surface area contributed by atoms with Gasteiger partial charge in [-0.25, -0.2) is 0 Å². The van der Waals surface area contributed by atoms with Gasteiger partial charge in [0.15, 0.2) is 5.69 Å². The number of hydrogen-bond donors (Lipinski definition) is 2. The highest BCUT2D eigenvalue weighted by molar-refractivity contribution is 5.92. The lowest BCUT2D eigenvalue weighted by Gasteiger charge is -2.05. The number of hydrogen-bond acceptors (Lipinski definition) is 6. The summed E-state index contributed by atoms with van der Waals surface area (Å²) in [7, 11) is 0. The van der Waals surface area contributed by atoms with Crippen LogP contribution in [0.3, 0.4) is 0 Å². The fourth-order valence-electron chi connectivity index (χ4n) is 1.74. The molecule has 0 aliphatic rings. The van der Waals surface area contributed by atoms with Gasteiger partial charge in [-0.05, 0) is 32.9 Å². The number of rotatable bonds is 5. The van der Waals surface area contributed by atoms with E-state index >= 15 is 0 Å². The zero-order chi connectivity index (χ0) is 14.5. The molecule has 7 nitrogen and oxygen atoms in total. The number of amides is 1. The van der Waals surface area contributed by atoms with Gasteiger partial charge >= 0.3 is 0 Å². The SMILES string of the molecule is CCNc1ccc(C(=O)NCc2c(C)noc2C)nn1. The van der Waals surface area contributed by atoms with Crippen molar-refractivity contribution >= 4 is 11.7 Å². The molecule has 2 heterocycles. The van der Waals surface area contributed by atoms with Crippen LogP contribution in [0, 0.1) is 13.8 Å². The van der Waals surface area contributed by atoms with Crippen molar-refractivity contribution in [2.75, 3.05) is 11.9 Å². The minimum Gasteiger partial charge on any atom is -0.369 e. The molecule has 0 aliphatic heterocycles. The zero-order valence-electron chi connectivity index (χ0n) is 11.7. The summed E-state index contributed by atoms with van der Waals surface area (Å²) in [5, 5.41) is 17.4. The van der Waals surface area contributed by atoms with Gasteiger partial charge in [0, 0.05) is 18.7 Å². The summed E-state index contributed by atoms with van der Waals surface area (Å²) in [6.07, 6.45) is 0. The lowest BCUT2D eigenvalue weighted by atomic mass is 10.2. The molecule has 0 fully saturated rings. The third-order valence-electron chi connectivity index (χ3n) is 2.86. The maximum atomic E-state index is 11.9. The Hall–Kier alpha value is -2.44. The molecule has 0 atom stereocenters. The highest BCUT2D eigenvalue weighted by atomic mass is 16.5. The maximum absolute atomic E-state index is 11.9. The van der Waals surface area contributed by atoms with Crippen molar-refractivity contribution in [3.8, 4) is 0 Å². The van der Waals surface area contributed by atoms with Crippen molar-refractivity contribution in [3.05, 3.63) is 34.8 Å². The van der Waals surface area contributed by atoms with E-state index in [1.165, 1.54) is 0 Å². The number of aryl methyl sites for hydroxylation is 2. The van der Waals surface area contributed by atoms with Gasteiger partial charge in [-0.15, -0.1) is 10.2 Å². The molecule has 0 aliphatic carbocycles. The van der Waals surface area contributed by atoms with Gasteiger partial charge in [-0.1, -0.05) is 5.16 Å². The van der Waals surface area contributed by atoms with Gasteiger partial charge in [0.25, 0.3) is 5.91 Å². The van der Waals surface area contributed by atoms with Crippen LogP contribution >= 0.6 is 0 Å². The Bertz CT molecular complexity index is 572. The molecule has 2 rings (SSSR count). The summed E-state index contributed by atoms with van der Waals surface area (Å²) in [6.45, 7) is 6.73. The zero-order valence-corrected chi connectivity index (χ0v) is 11.7. The van der Waals surface area contributed by atoms with Crippen LogP contribution in [0.15, 0.2) is 16.7 Å². The van der Waals surface area contributed by atoms with E-state index in [0.717, 1.165) is 17.8 Å². The average molecular weight is 275 g/mol. The Morgan fingerprint density at radius 1 is 1.30 bits per heavy atom. The number of nitrogens with one attached hydrogen (secondary N) is 2. The van der Waals surface area contributed by atoms with Crippen molar-refractivity contribution in [1.29, 1.82) is 0 Å². The van der Waals surface area contributed by atoms with E-state index < -0.39 is 0 Å². The molecule has 0 saturated carbocycles. The Kier molecular flexibility index (Phi) is 4.29. The summed E-state index contributed by atoms with van der Waals surface area (Å²) in [5.74, 6) is 1.08. The largest absolute Gasteiger partial charge is 0.369 e. The van der Waals surface area contributed by atoms with Crippen molar-refractivity contribution in [1.82, 2.24) is 20.7 Å². The number of anilines is 1. The summed E-state index contributed by atoms with van der Waals surface area (Å²) >= 11 is 0. The Balaban J connectivity index is 1.98. The van der Waals surface area contributed by atoms with Crippen molar-refractivity contribution < 1.29 is 9.32 Å². The number of carbonyl (C=O) groups is 1. The molecule has 106 valence electrons. The molecule has 0 unspecified atom stereocenters. The van der Waals surface area contributed by atoms with Crippen LogP contribution in [0.1, 0.15) is 34.4 Å². The van der Waals surface area contributed by atoms with Gasteiger partial charge in [0.1, 0.15) is 11.6 Å². The van der Waals surface area contributed by atoms with Crippen LogP contribution < -0.4 is 10.6 Å². The monoisotopic (exact) mass is 275 g/mol. The lowest BCUT2D eigenvalue weighted by molar-refractivity contribution is 0.0945. The Morgan fingerprint density at radius 3 is 2.65 bits per heavy atom. The summed E-state index contributed by atoms with van der Waals surface area (Å²) < 4.78 is 5.04. The smallest absolute Gasteiger partial charge is 0.272 e. The van der Waals surface area contributed by atoms with E-state index in [4.69, 9.17) is 4.52 Å². The fraction of sp³-hybridized carbons (Fsp3) is 0.385. The molecule has 0 saturated heterocycles. The molecule has 0 aromatic carbocycles. The molecule has 2 aromatic heterocycles. The molecule has 0 spiro atoms. The first-order chi connectivity index (χ1) is 9.61. The highest BCUT2D eigenvalue weighted by Crippen LogP contribution is 2.11. The van der Waals surface area contributed by atoms with Crippen LogP contribution in [-0.4, -0.2) is 27.8 Å². The van der Waals surface area contributed by atoms with Gasteiger partial charge in [0.2, 0.25) is 0 Å². The van der Waals surface area contributed by atoms with E-state index in [9.17, 15) is 4.79 Å². The number of nitrogens with zero attached hydrogens (tertiary/aromatic N) is 3. The molecule has 2 N–H and O–H groups in total. The molecular weight excluding hydrogens is 258 g/mol. The van der Waals surface area contributed by atoms with E-state index in [0.29, 0.717) is 18.1 Å². The Morgan fingerprint density at radius 2 is 2.10 bits per heavy atom. The second-order valence-electron chi connectivity index (χ2n) is 4.32. The van der Waals surface area contributed by atoms with E-state index in [1.54, 1.807) is 12.1 Å². The Labute approximate surface area is 116 Å². The van der Waals surface area contributed by atoms with Crippen molar-refractivity contribution in [3.63, 3.8) is 0 Å². The fourth-order valence-corrected chi connectivity index (χ4v) is 1.74.